The van der Waals surface area contributed by atoms with Gasteiger partial charge in [-0.1, -0.05) is 18.6 Å². The van der Waals surface area contributed by atoms with E-state index in [0.29, 0.717) is 41.8 Å². The number of fused-ring (bicyclic) bond motifs is 1. The number of aliphatic hydroxyl groups excluding tert-OH is 1. The molecule has 0 spiro atoms. The van der Waals surface area contributed by atoms with Crippen LogP contribution in [0.5, 0.6) is 5.75 Å². The normalized spacial score (nSPS) is 19.8. The van der Waals surface area contributed by atoms with Crippen molar-refractivity contribution in [1.29, 1.82) is 0 Å². The van der Waals surface area contributed by atoms with Crippen molar-refractivity contribution in [3.8, 4) is 17.0 Å². The average molecular weight is 697 g/mol. The number of nitrogens with two attached hydrogens (primary N) is 1. The Balaban J connectivity index is 1.17. The van der Waals surface area contributed by atoms with E-state index in [9.17, 15) is 18.3 Å². The fraction of sp³-hybridized carbons (Fsp3) is 0.444. The lowest BCUT2D eigenvalue weighted by molar-refractivity contribution is -0.275. The Hall–Kier alpha value is -4.40. The second kappa shape index (κ2) is 14.8. The molecule has 1 fully saturated rings. The molecule has 0 amide bonds. The van der Waals surface area contributed by atoms with Crippen LogP contribution in [0.1, 0.15) is 74.0 Å². The van der Waals surface area contributed by atoms with Crippen LogP contribution in [0.2, 0.25) is 0 Å². The molecule has 0 radical (unpaired) electrons. The maximum absolute atomic E-state index is 15.5. The Bertz CT molecular complexity index is 1880. The zero-order valence-corrected chi connectivity index (χ0v) is 28.4. The van der Waals surface area contributed by atoms with Crippen LogP contribution in [0.4, 0.5) is 29.2 Å². The van der Waals surface area contributed by atoms with Crippen LogP contribution >= 0.6 is 0 Å². The fourth-order valence-electron chi connectivity index (χ4n) is 6.62. The molecule has 0 aliphatic carbocycles. The molecule has 2 aromatic carbocycles. The van der Waals surface area contributed by atoms with E-state index in [0.717, 1.165) is 61.2 Å². The summed E-state index contributed by atoms with van der Waals surface area (Å²) in [6.07, 6.45) is 1.19. The minimum Gasteiger partial charge on any atom is -0.403 e. The number of aromatic nitrogens is 3. The van der Waals surface area contributed by atoms with Crippen molar-refractivity contribution in [2.75, 3.05) is 16.8 Å². The number of rotatable bonds is 12. The first kappa shape index (κ1) is 35.4. The monoisotopic (exact) mass is 696 g/mol. The number of aliphatic hydroxyl groups is 1. The molecule has 0 saturated carbocycles. The number of benzene rings is 2. The topological polar surface area (TPSA) is 140 Å². The molecule has 50 heavy (non-hydrogen) atoms. The summed E-state index contributed by atoms with van der Waals surface area (Å²) >= 11 is 0. The summed E-state index contributed by atoms with van der Waals surface area (Å²) in [6, 6.07) is 12.6. The highest BCUT2D eigenvalue weighted by atomic mass is 19.4. The third-order valence-electron chi connectivity index (χ3n) is 9.33. The molecule has 0 bridgehead atoms. The standard InChI is InChI=1S/C36H44F4N8O2/c1-20(41)6-4-7-23-16-28(32(37)31(17-23)50-36(38,39)40)30-18-25-19-48(35(49)47-33(25)46-30)27-12-10-24(11-13-27)29-9-5-8-26(45-29)14-15-42-34-43-21(2)22(3)44-34/h10-13,16-20,26,29,35,45,49H,4-9,14-15,41H2,1-3H3,(H,46,47)(H2,42,43,44)/t20-,26+,29+,35?/m0/s1. The van der Waals surface area contributed by atoms with Gasteiger partial charge in [-0.15, -0.1) is 13.2 Å². The number of imidazole rings is 1. The lowest BCUT2D eigenvalue weighted by Crippen LogP contribution is -2.41. The van der Waals surface area contributed by atoms with Gasteiger partial charge in [0.25, 0.3) is 0 Å². The summed E-state index contributed by atoms with van der Waals surface area (Å²) in [7, 11) is 0. The van der Waals surface area contributed by atoms with Crippen LogP contribution in [0, 0.1) is 19.7 Å². The maximum atomic E-state index is 15.5. The summed E-state index contributed by atoms with van der Waals surface area (Å²) in [4.78, 5) is 16.7. The predicted molar refractivity (Wildman–Crippen MR) is 184 cm³/mol. The smallest absolute Gasteiger partial charge is 0.403 e. The Morgan fingerprint density at radius 1 is 1.12 bits per heavy atom. The number of hydrogen-bond donors (Lipinski definition) is 6. The van der Waals surface area contributed by atoms with Crippen molar-refractivity contribution in [2.24, 2.45) is 10.7 Å². The van der Waals surface area contributed by atoms with Gasteiger partial charge in [-0.25, -0.2) is 14.4 Å². The third kappa shape index (κ3) is 8.48. The number of aromatic amines is 2. The van der Waals surface area contributed by atoms with Crippen molar-refractivity contribution >= 4 is 17.8 Å². The van der Waals surface area contributed by atoms with Crippen LogP contribution in [-0.4, -0.2) is 51.4 Å². The van der Waals surface area contributed by atoms with Crippen LogP contribution in [0.15, 0.2) is 47.5 Å². The lowest BCUT2D eigenvalue weighted by atomic mass is 9.92. The van der Waals surface area contributed by atoms with Crippen molar-refractivity contribution in [2.45, 2.75) is 96.6 Å². The van der Waals surface area contributed by atoms with Gasteiger partial charge in [0.15, 0.2) is 11.6 Å². The van der Waals surface area contributed by atoms with Crippen LogP contribution in [0.3, 0.4) is 0 Å². The van der Waals surface area contributed by atoms with Gasteiger partial charge in [-0.05, 0) is 101 Å². The first-order chi connectivity index (χ1) is 23.8. The third-order valence-corrected chi connectivity index (χ3v) is 9.33. The largest absolute Gasteiger partial charge is 0.573 e. The number of anilines is 2. The summed E-state index contributed by atoms with van der Waals surface area (Å²) in [6.45, 7) is 6.64. The molecule has 4 atom stereocenters. The molecule has 1 saturated heterocycles. The SMILES string of the molecule is Cc1nc(NCC[C@H]2CCC[C@H](c3ccc(N4C=c5cc(-c6cc(CCC[C@H](C)N)cc(OC(F)(F)F)c6F)[nH]c5=NC4O)cc3)N2)[nH]c1C. The number of nitrogens with one attached hydrogen (secondary N) is 4. The average Bonchev–Trinajstić information content (AvgIpc) is 3.62. The van der Waals surface area contributed by atoms with Crippen molar-refractivity contribution in [3.05, 3.63) is 81.5 Å². The van der Waals surface area contributed by atoms with Crippen molar-refractivity contribution in [3.63, 3.8) is 0 Å². The van der Waals surface area contributed by atoms with Gasteiger partial charge in [0.1, 0.15) is 5.49 Å². The number of halogens is 4. The van der Waals surface area contributed by atoms with E-state index >= 15 is 4.39 Å². The number of piperidine rings is 1. The number of ether oxygens (including phenoxy) is 1. The zero-order chi connectivity index (χ0) is 35.6. The zero-order valence-electron chi connectivity index (χ0n) is 28.4. The van der Waals surface area contributed by atoms with Gasteiger partial charge in [0.2, 0.25) is 12.3 Å². The molecule has 4 aromatic rings. The fourth-order valence-corrected chi connectivity index (χ4v) is 6.62. The molecule has 268 valence electrons. The molecular weight excluding hydrogens is 652 g/mol. The van der Waals surface area contributed by atoms with Gasteiger partial charge < -0.3 is 41.1 Å². The van der Waals surface area contributed by atoms with E-state index in [1.54, 1.807) is 17.2 Å². The molecule has 2 aliphatic rings. The highest BCUT2D eigenvalue weighted by Gasteiger charge is 2.33. The van der Waals surface area contributed by atoms with Gasteiger partial charge in [-0.2, -0.15) is 0 Å². The quantitative estimate of drug-likeness (QED) is 0.107. The lowest BCUT2D eigenvalue weighted by Gasteiger charge is -2.32. The second-order valence-electron chi connectivity index (χ2n) is 13.3. The van der Waals surface area contributed by atoms with E-state index in [4.69, 9.17) is 5.73 Å². The molecule has 4 heterocycles. The molecule has 2 aromatic heterocycles. The van der Waals surface area contributed by atoms with Gasteiger partial charge >= 0.3 is 6.36 Å². The number of nitrogens with zero attached hydrogens (tertiary/aromatic N) is 3. The number of alkyl halides is 3. The first-order valence-corrected chi connectivity index (χ1v) is 17.1. The molecule has 14 heteroatoms. The number of hydrogen-bond acceptors (Lipinski definition) is 8. The molecule has 7 N–H and O–H groups in total. The van der Waals surface area contributed by atoms with Gasteiger partial charge in [-0.3, -0.25) is 0 Å². The highest BCUT2D eigenvalue weighted by molar-refractivity contribution is 5.66. The van der Waals surface area contributed by atoms with Gasteiger partial charge in [0.05, 0.1) is 11.4 Å². The minimum absolute atomic E-state index is 0.0737. The summed E-state index contributed by atoms with van der Waals surface area (Å²) in [5, 5.41) is 18.7. The Kier molecular flexibility index (Phi) is 10.5. The van der Waals surface area contributed by atoms with E-state index in [-0.39, 0.29) is 28.8 Å². The Labute approximate surface area is 287 Å². The summed E-state index contributed by atoms with van der Waals surface area (Å²) in [5.74, 6) is -1.26. The first-order valence-electron chi connectivity index (χ1n) is 17.1. The van der Waals surface area contributed by atoms with Crippen molar-refractivity contribution < 1.29 is 27.4 Å². The molecule has 10 nitrogen and oxygen atoms in total. The number of aryl methyl sites for hydroxylation is 3. The molecule has 2 aliphatic heterocycles. The summed E-state index contributed by atoms with van der Waals surface area (Å²) in [5.41, 5.74) is 10.6. The highest BCUT2D eigenvalue weighted by Crippen LogP contribution is 2.34. The van der Waals surface area contributed by atoms with Crippen molar-refractivity contribution in [1.82, 2.24) is 20.3 Å². The number of H-pyrrole nitrogens is 2. The molecule has 6 rings (SSSR count). The van der Waals surface area contributed by atoms with Crippen LogP contribution in [0.25, 0.3) is 17.5 Å². The van der Waals surface area contributed by atoms with Gasteiger partial charge in [0, 0.05) is 53.0 Å². The van der Waals surface area contributed by atoms with Crippen LogP contribution in [-0.2, 0) is 6.42 Å². The second-order valence-corrected chi connectivity index (χ2v) is 13.3. The Morgan fingerprint density at radius 2 is 1.90 bits per heavy atom. The van der Waals surface area contributed by atoms with E-state index in [1.165, 1.54) is 6.07 Å². The van der Waals surface area contributed by atoms with E-state index in [1.807, 2.05) is 45.0 Å². The molecular formula is C36H44F4N8O2. The summed E-state index contributed by atoms with van der Waals surface area (Å²) < 4.78 is 59.0. The maximum Gasteiger partial charge on any atom is 0.573 e. The Morgan fingerprint density at radius 3 is 2.60 bits per heavy atom. The predicted octanol–water partition coefficient (Wildman–Crippen LogP) is 5.57. The van der Waals surface area contributed by atoms with Crippen LogP contribution < -0.4 is 36.7 Å². The van der Waals surface area contributed by atoms with E-state index in [2.05, 4.69) is 35.3 Å². The van der Waals surface area contributed by atoms with E-state index < -0.39 is 24.3 Å². The minimum atomic E-state index is -5.06. The molecule has 1 unspecified atom stereocenters.